The van der Waals surface area contributed by atoms with Gasteiger partial charge in [0.1, 0.15) is 0 Å². The number of aromatic nitrogens is 1. The summed E-state index contributed by atoms with van der Waals surface area (Å²) in [6.45, 7) is -0.00213. The minimum Gasteiger partial charge on any atom is -0.394 e. The summed E-state index contributed by atoms with van der Waals surface area (Å²) in [5.74, 6) is 0. The fraction of sp³-hybridized carbons (Fsp3) is 0.429. The number of halogens is 1. The van der Waals surface area contributed by atoms with E-state index in [2.05, 4.69) is 0 Å². The lowest BCUT2D eigenvalue weighted by atomic mass is 10.2. The molecular weight excluding hydrogens is 164 g/mol. The Kier molecular flexibility index (Phi) is 4.18. The molecule has 0 radical (unpaired) electrons. The third-order valence-electron chi connectivity index (χ3n) is 1.56. The van der Waals surface area contributed by atoms with Crippen LogP contribution in [0.1, 0.15) is 11.7 Å². The summed E-state index contributed by atoms with van der Waals surface area (Å²) in [6.07, 6.45) is 1.91. The topological polar surface area (TPSA) is 51.2 Å². The van der Waals surface area contributed by atoms with Crippen molar-refractivity contribution in [1.82, 2.24) is 4.57 Å². The van der Waals surface area contributed by atoms with Gasteiger partial charge in [0.25, 0.3) is 0 Å². The number of nitrogens with zero attached hydrogens (tertiary/aromatic N) is 1. The third kappa shape index (κ3) is 2.22. The highest BCUT2D eigenvalue weighted by atomic mass is 35.5. The van der Waals surface area contributed by atoms with Gasteiger partial charge in [-0.3, -0.25) is 0 Å². The highest BCUT2D eigenvalue weighted by molar-refractivity contribution is 5.85. The van der Waals surface area contributed by atoms with E-state index in [1.54, 1.807) is 0 Å². The molecule has 11 heavy (non-hydrogen) atoms. The molecule has 0 aliphatic heterocycles. The van der Waals surface area contributed by atoms with Gasteiger partial charge in [0.15, 0.2) is 0 Å². The molecule has 0 amide bonds. The van der Waals surface area contributed by atoms with Crippen LogP contribution in [0.5, 0.6) is 0 Å². The van der Waals surface area contributed by atoms with Gasteiger partial charge in [0.2, 0.25) is 0 Å². The molecule has 3 N–H and O–H groups in total. The van der Waals surface area contributed by atoms with E-state index >= 15 is 0 Å². The van der Waals surface area contributed by atoms with Crippen LogP contribution in [0, 0.1) is 0 Å². The molecule has 1 heterocycles. The molecule has 1 rings (SSSR count). The summed E-state index contributed by atoms with van der Waals surface area (Å²) >= 11 is 0. The summed E-state index contributed by atoms with van der Waals surface area (Å²) in [5.41, 5.74) is 6.53. The maximum Gasteiger partial charge on any atom is 0.0684 e. The number of aryl methyl sites for hydroxylation is 1. The molecular formula is C7H13ClN2O. The summed E-state index contributed by atoms with van der Waals surface area (Å²) < 4.78 is 1.90. The van der Waals surface area contributed by atoms with Crippen LogP contribution in [0.25, 0.3) is 0 Å². The van der Waals surface area contributed by atoms with E-state index in [1.165, 1.54) is 0 Å². The Bertz CT molecular complexity index is 212. The lowest BCUT2D eigenvalue weighted by Gasteiger charge is -2.08. The van der Waals surface area contributed by atoms with E-state index in [0.29, 0.717) is 0 Å². The fourth-order valence-electron chi connectivity index (χ4n) is 0.953. The predicted molar refractivity (Wildman–Crippen MR) is 46.7 cm³/mol. The highest BCUT2D eigenvalue weighted by Gasteiger charge is 2.05. The van der Waals surface area contributed by atoms with Gasteiger partial charge in [0.05, 0.1) is 12.6 Å². The van der Waals surface area contributed by atoms with Crippen LogP contribution in [0.2, 0.25) is 0 Å². The molecule has 0 aliphatic carbocycles. The maximum absolute atomic E-state index is 8.69. The van der Waals surface area contributed by atoms with E-state index in [1.807, 2.05) is 29.9 Å². The number of rotatable bonds is 2. The van der Waals surface area contributed by atoms with Crippen molar-refractivity contribution in [2.45, 2.75) is 6.04 Å². The Labute approximate surface area is 72.2 Å². The average Bonchev–Trinajstić information content (AvgIpc) is 2.34. The molecule has 4 heteroatoms. The number of aliphatic hydroxyl groups excluding tert-OH is 1. The first-order valence-corrected chi connectivity index (χ1v) is 3.23. The van der Waals surface area contributed by atoms with E-state index in [-0.39, 0.29) is 25.1 Å². The summed E-state index contributed by atoms with van der Waals surface area (Å²) in [6, 6.07) is 3.56. The van der Waals surface area contributed by atoms with Crippen molar-refractivity contribution in [3.63, 3.8) is 0 Å². The van der Waals surface area contributed by atoms with E-state index in [4.69, 9.17) is 10.8 Å². The molecule has 1 aromatic heterocycles. The van der Waals surface area contributed by atoms with Crippen molar-refractivity contribution in [2.24, 2.45) is 12.8 Å². The van der Waals surface area contributed by atoms with Gasteiger partial charge in [0, 0.05) is 18.9 Å². The van der Waals surface area contributed by atoms with Crippen molar-refractivity contribution in [2.75, 3.05) is 6.61 Å². The highest BCUT2D eigenvalue weighted by Crippen LogP contribution is 2.07. The zero-order valence-electron chi connectivity index (χ0n) is 6.40. The Morgan fingerprint density at radius 2 is 2.36 bits per heavy atom. The van der Waals surface area contributed by atoms with Crippen LogP contribution in [0.15, 0.2) is 18.3 Å². The van der Waals surface area contributed by atoms with Gasteiger partial charge in [-0.1, -0.05) is 0 Å². The first-order valence-electron chi connectivity index (χ1n) is 3.23. The van der Waals surface area contributed by atoms with Crippen LogP contribution in [-0.4, -0.2) is 16.3 Å². The van der Waals surface area contributed by atoms with E-state index < -0.39 is 0 Å². The maximum atomic E-state index is 8.69. The fourth-order valence-corrected chi connectivity index (χ4v) is 0.953. The predicted octanol–water partition coefficient (Wildman–Crippen LogP) is 0.439. The lowest BCUT2D eigenvalue weighted by molar-refractivity contribution is 0.264. The smallest absolute Gasteiger partial charge is 0.0684 e. The van der Waals surface area contributed by atoms with Crippen LogP contribution in [0.3, 0.4) is 0 Å². The molecule has 0 fully saturated rings. The number of hydrogen-bond donors (Lipinski definition) is 2. The molecule has 0 saturated heterocycles. The molecule has 3 nitrogen and oxygen atoms in total. The Balaban J connectivity index is 0.000001000. The Morgan fingerprint density at radius 3 is 2.73 bits per heavy atom. The van der Waals surface area contributed by atoms with Gasteiger partial charge in [-0.15, -0.1) is 12.4 Å². The number of aliphatic hydroxyl groups is 1. The zero-order valence-corrected chi connectivity index (χ0v) is 7.21. The van der Waals surface area contributed by atoms with Crippen LogP contribution in [0.4, 0.5) is 0 Å². The first-order chi connectivity index (χ1) is 4.75. The molecule has 0 bridgehead atoms. The Hall–Kier alpha value is -0.510. The van der Waals surface area contributed by atoms with E-state index in [9.17, 15) is 0 Å². The normalized spacial score (nSPS) is 12.3. The summed E-state index contributed by atoms with van der Waals surface area (Å²) in [4.78, 5) is 0. The first kappa shape index (κ1) is 10.5. The van der Waals surface area contributed by atoms with Gasteiger partial charge in [-0.05, 0) is 12.1 Å². The Morgan fingerprint density at radius 1 is 1.73 bits per heavy atom. The molecule has 0 spiro atoms. The van der Waals surface area contributed by atoms with Crippen molar-refractivity contribution in [3.8, 4) is 0 Å². The van der Waals surface area contributed by atoms with E-state index in [0.717, 1.165) is 5.69 Å². The molecule has 0 saturated carbocycles. The molecule has 1 aromatic rings. The standard InChI is InChI=1S/C7H12N2O.ClH/c1-9-4-2-3-7(9)6(8)5-10;/h2-4,6,10H,5,8H2,1H3;1H/t6-;/m0./s1. The number of hydrogen-bond acceptors (Lipinski definition) is 2. The molecule has 0 unspecified atom stereocenters. The second kappa shape index (κ2) is 4.38. The van der Waals surface area contributed by atoms with Crippen molar-refractivity contribution in [1.29, 1.82) is 0 Å². The number of nitrogens with two attached hydrogens (primary N) is 1. The summed E-state index contributed by atoms with van der Waals surface area (Å²) in [5, 5.41) is 8.69. The second-order valence-electron chi connectivity index (χ2n) is 2.33. The molecule has 0 aromatic carbocycles. The second-order valence-corrected chi connectivity index (χ2v) is 2.33. The van der Waals surface area contributed by atoms with Gasteiger partial charge >= 0.3 is 0 Å². The minimum absolute atomic E-state index is 0. The monoisotopic (exact) mass is 176 g/mol. The summed E-state index contributed by atoms with van der Waals surface area (Å²) in [7, 11) is 1.91. The van der Waals surface area contributed by atoms with Gasteiger partial charge in [-0.2, -0.15) is 0 Å². The quantitative estimate of drug-likeness (QED) is 0.687. The van der Waals surface area contributed by atoms with Crippen molar-refractivity contribution < 1.29 is 5.11 Å². The molecule has 0 aliphatic rings. The van der Waals surface area contributed by atoms with Crippen LogP contribution in [-0.2, 0) is 7.05 Å². The molecule has 64 valence electrons. The lowest BCUT2D eigenvalue weighted by Crippen LogP contribution is -2.17. The minimum atomic E-state index is -0.250. The van der Waals surface area contributed by atoms with Crippen molar-refractivity contribution >= 4 is 12.4 Å². The zero-order chi connectivity index (χ0) is 7.56. The van der Waals surface area contributed by atoms with Gasteiger partial charge in [-0.25, -0.2) is 0 Å². The SMILES string of the molecule is Cl.Cn1cccc1[C@@H](N)CO. The third-order valence-corrected chi connectivity index (χ3v) is 1.56. The van der Waals surface area contributed by atoms with Crippen LogP contribution < -0.4 is 5.73 Å². The average molecular weight is 177 g/mol. The largest absolute Gasteiger partial charge is 0.394 e. The molecule has 1 atom stereocenters. The van der Waals surface area contributed by atoms with Gasteiger partial charge < -0.3 is 15.4 Å². The van der Waals surface area contributed by atoms with Crippen molar-refractivity contribution in [3.05, 3.63) is 24.0 Å². The van der Waals surface area contributed by atoms with Crippen LogP contribution >= 0.6 is 12.4 Å².